The lowest BCUT2D eigenvalue weighted by Gasteiger charge is -2.11. The van der Waals surface area contributed by atoms with Gasteiger partial charge in [-0.05, 0) is 174 Å². The van der Waals surface area contributed by atoms with E-state index in [1.165, 1.54) is 62.0 Å². The number of nitrogens with zero attached hydrogens (tertiary/aromatic N) is 5. The van der Waals surface area contributed by atoms with Crippen molar-refractivity contribution in [2.75, 3.05) is 76.0 Å². The Labute approximate surface area is 608 Å². The summed E-state index contributed by atoms with van der Waals surface area (Å²) >= 11 is 0. The molecule has 0 aliphatic heterocycles. The second-order valence-corrected chi connectivity index (χ2v) is 24.0. The van der Waals surface area contributed by atoms with Crippen molar-refractivity contribution in [3.63, 3.8) is 0 Å². The Kier molecular flexibility index (Phi) is 35.0. The van der Waals surface area contributed by atoms with Crippen LogP contribution in [0.5, 0.6) is 11.5 Å². The van der Waals surface area contributed by atoms with Gasteiger partial charge in [-0.1, -0.05) is 243 Å². The van der Waals surface area contributed by atoms with E-state index in [2.05, 4.69) is 234 Å². The monoisotopic (exact) mass is 1350 g/mol. The predicted molar refractivity (Wildman–Crippen MR) is 438 cm³/mol. The Bertz CT molecular complexity index is 4360. The van der Waals surface area contributed by atoms with Gasteiger partial charge in [-0.15, -0.1) is 0 Å². The van der Waals surface area contributed by atoms with Gasteiger partial charge in [0.25, 0.3) is 0 Å². The molecule has 0 saturated carbocycles. The number of rotatable bonds is 22. The van der Waals surface area contributed by atoms with Gasteiger partial charge in [0, 0.05) is 90.3 Å². The zero-order valence-electron chi connectivity index (χ0n) is 59.6. The fraction of sp³-hybridized carbons (Fsp3) is 0.135. The molecule has 13 heteroatoms. The molecule has 102 heavy (non-hydrogen) atoms. The molecule has 0 aliphatic rings. The SMILES string of the molecule is C.CN(C)c1ccc(/C=C/C(=O)c2ccc(O[B]O)cc2)cc1.CN(C)c1ccc(/C=C/C=C/C(=O)c2ccc(O[B]O)cc2)cc1.Cc1ccc(/C=C/C=C/c2ccc(N(C)C)cc2)cc1.Cc1ccc(/C=C/c2ccc(N(C)C)cc2)cc1.[C-]#[N+]c1ccc(/C=C/c2ccc(C)cc2)cc1. The lowest BCUT2D eigenvalue weighted by molar-refractivity contribution is 0.103. The smallest absolute Gasteiger partial charge is 0.537 e. The van der Waals surface area contributed by atoms with Crippen LogP contribution in [0.2, 0.25) is 0 Å². The number of allylic oxidation sites excluding steroid dienone is 6. The molecule has 0 unspecified atom stereocenters. The van der Waals surface area contributed by atoms with Crippen molar-refractivity contribution < 1.29 is 28.9 Å². The van der Waals surface area contributed by atoms with Crippen LogP contribution in [-0.2, 0) is 0 Å². The molecule has 10 aromatic carbocycles. The molecule has 516 valence electrons. The molecule has 0 fully saturated rings. The third-order valence-corrected chi connectivity index (χ3v) is 15.2. The highest BCUT2D eigenvalue weighted by atomic mass is 16.5. The number of ketones is 2. The summed E-state index contributed by atoms with van der Waals surface area (Å²) < 4.78 is 9.60. The molecule has 10 aromatic rings. The van der Waals surface area contributed by atoms with Crippen molar-refractivity contribution in [2.24, 2.45) is 0 Å². The Balaban J connectivity index is 0.000000230. The summed E-state index contributed by atoms with van der Waals surface area (Å²) in [6.45, 7) is 13.2. The molecule has 0 bridgehead atoms. The van der Waals surface area contributed by atoms with Crippen LogP contribution in [0.25, 0.3) is 53.5 Å². The van der Waals surface area contributed by atoms with E-state index >= 15 is 0 Å². The molecular formula is C89H93B2N5O6. The summed E-state index contributed by atoms with van der Waals surface area (Å²) in [4.78, 5) is 35.7. The van der Waals surface area contributed by atoms with Gasteiger partial charge in [0.2, 0.25) is 0 Å². The van der Waals surface area contributed by atoms with Crippen LogP contribution in [0.4, 0.5) is 28.4 Å². The van der Waals surface area contributed by atoms with E-state index in [4.69, 9.17) is 25.9 Å². The van der Waals surface area contributed by atoms with E-state index in [1.54, 1.807) is 66.8 Å². The molecule has 2 N–H and O–H groups in total. The molecule has 0 aromatic heterocycles. The van der Waals surface area contributed by atoms with Gasteiger partial charge in [0.15, 0.2) is 17.3 Å². The first-order valence-electron chi connectivity index (χ1n) is 32.8. The molecule has 0 atom stereocenters. The van der Waals surface area contributed by atoms with Crippen LogP contribution < -0.4 is 28.9 Å². The number of carbonyl (C=O) groups is 2. The maximum Gasteiger partial charge on any atom is 0.569 e. The third kappa shape index (κ3) is 30.0. The quantitative estimate of drug-likeness (QED) is 0.0170. The first-order chi connectivity index (χ1) is 48.8. The highest BCUT2D eigenvalue weighted by Gasteiger charge is 2.05. The summed E-state index contributed by atoms with van der Waals surface area (Å²) in [7, 11) is 17.4. The Morgan fingerprint density at radius 3 is 0.824 bits per heavy atom. The van der Waals surface area contributed by atoms with Crippen LogP contribution in [0.3, 0.4) is 0 Å². The van der Waals surface area contributed by atoms with Gasteiger partial charge in [-0.2, -0.15) is 0 Å². The normalized spacial score (nSPS) is 10.7. The van der Waals surface area contributed by atoms with Gasteiger partial charge in [-0.3, -0.25) is 9.59 Å². The first-order valence-corrected chi connectivity index (χ1v) is 32.8. The molecule has 0 aliphatic carbocycles. The van der Waals surface area contributed by atoms with Crippen LogP contribution in [0.1, 0.15) is 89.3 Å². The Morgan fingerprint density at radius 1 is 0.324 bits per heavy atom. The summed E-state index contributed by atoms with van der Waals surface area (Å²) in [5, 5.41) is 17.1. The lowest BCUT2D eigenvalue weighted by atomic mass is 10.1. The van der Waals surface area contributed by atoms with Crippen LogP contribution in [0, 0.1) is 27.3 Å². The van der Waals surface area contributed by atoms with Crippen molar-refractivity contribution in [3.8, 4) is 11.5 Å². The van der Waals surface area contributed by atoms with Crippen molar-refractivity contribution in [3.05, 3.63) is 363 Å². The zero-order chi connectivity index (χ0) is 72.7. The molecule has 10 rings (SSSR count). The minimum atomic E-state index is -0.0952. The average molecular weight is 1350 g/mol. The highest BCUT2D eigenvalue weighted by Crippen LogP contribution is 2.21. The number of anilines is 4. The summed E-state index contributed by atoms with van der Waals surface area (Å²) in [6.07, 6.45) is 27.1. The molecule has 2 radical (unpaired) electrons. The molecule has 0 saturated heterocycles. The van der Waals surface area contributed by atoms with E-state index in [9.17, 15) is 9.59 Å². The van der Waals surface area contributed by atoms with E-state index in [-0.39, 0.29) is 19.0 Å². The van der Waals surface area contributed by atoms with Gasteiger partial charge in [0.05, 0.1) is 6.57 Å². The number of benzene rings is 10. The fourth-order valence-corrected chi connectivity index (χ4v) is 9.14. The van der Waals surface area contributed by atoms with E-state index in [0.717, 1.165) is 28.1 Å². The number of carbonyl (C=O) groups excluding carboxylic acids is 2. The van der Waals surface area contributed by atoms with E-state index in [0.29, 0.717) is 43.7 Å². The van der Waals surface area contributed by atoms with Gasteiger partial charge >= 0.3 is 15.4 Å². The van der Waals surface area contributed by atoms with Gasteiger partial charge < -0.3 is 39.0 Å². The van der Waals surface area contributed by atoms with Gasteiger partial charge in [-0.25, -0.2) is 4.85 Å². The number of hydrogen-bond acceptors (Lipinski definition) is 10. The first kappa shape index (κ1) is 80.7. The number of hydrogen-bond donors (Lipinski definition) is 2. The van der Waals surface area contributed by atoms with Crippen molar-refractivity contribution in [2.45, 2.75) is 28.2 Å². The average Bonchev–Trinajstić information content (AvgIpc) is 1.01. The summed E-state index contributed by atoms with van der Waals surface area (Å²) in [5.74, 6) is 0.764. The van der Waals surface area contributed by atoms with E-state index in [1.807, 2.05) is 123 Å². The van der Waals surface area contributed by atoms with Crippen molar-refractivity contribution in [1.29, 1.82) is 0 Å². The summed E-state index contributed by atoms with van der Waals surface area (Å²) in [6, 6.07) is 79.3. The predicted octanol–water partition coefficient (Wildman–Crippen LogP) is 20.0. The molecule has 11 nitrogen and oxygen atoms in total. The third-order valence-electron chi connectivity index (χ3n) is 15.2. The fourth-order valence-electron chi connectivity index (χ4n) is 9.14. The summed E-state index contributed by atoms with van der Waals surface area (Å²) in [5.41, 5.74) is 19.6. The second kappa shape index (κ2) is 44.2. The molecule has 0 amide bonds. The van der Waals surface area contributed by atoms with Crippen LogP contribution >= 0.6 is 0 Å². The van der Waals surface area contributed by atoms with Crippen molar-refractivity contribution >= 4 is 104 Å². The van der Waals surface area contributed by atoms with E-state index < -0.39 is 0 Å². The highest BCUT2D eigenvalue weighted by molar-refractivity contribution is 6.17. The molecule has 0 spiro atoms. The lowest BCUT2D eigenvalue weighted by Crippen LogP contribution is -2.07. The minimum absolute atomic E-state index is 0. The number of aryl methyl sites for hydroxylation is 3. The minimum Gasteiger partial charge on any atom is -0.537 e. The van der Waals surface area contributed by atoms with Crippen LogP contribution in [0.15, 0.2) is 279 Å². The van der Waals surface area contributed by atoms with Crippen molar-refractivity contribution in [1.82, 2.24) is 0 Å². The van der Waals surface area contributed by atoms with Crippen LogP contribution in [-0.4, -0.2) is 93.4 Å². The maximum atomic E-state index is 12.1. The molecule has 0 heterocycles. The topological polar surface area (TPSA) is 110 Å². The standard InChI is InChI=1S/C19H19BNO3.C19H21N.C17H17BNO3.C17H19N.C16H13N.CH4/c1-21(2)17-11-7-15(8-12-17)5-3-4-6-19(22)16-9-13-18(14-10-16)24-20-23;1-16-8-10-17(11-9-16)6-4-5-7-18-12-14-19(15-13-18)20(2)3;1-19(2)15-8-3-13(4-9-15)5-12-17(20)14-6-10-16(11-7-14)22-18-21;1-14-4-6-15(7-5-14)8-9-16-10-12-17(13-11-16)18(2)3;1-13-3-5-14(6-4-13)7-8-15-9-11-16(17-2)12-10-15;/h3-14,23H,1-2H3;4-15H,1-3H3;3-12,21H,1-2H3;4-13H,1-3H3;3-12H,1H3;1H4/b5-3+,6-4+;6-4+,7-5+;12-5+;9-8+;8-7+;. The second-order valence-electron chi connectivity index (χ2n) is 24.0. The largest absolute Gasteiger partial charge is 0.569 e. The molecular weight excluding hydrogens is 1260 g/mol. The maximum absolute atomic E-state index is 12.1. The Hall–Kier alpha value is -11.9. The zero-order valence-corrected chi connectivity index (χ0v) is 59.6. The Morgan fingerprint density at radius 2 is 0.559 bits per heavy atom. The van der Waals surface area contributed by atoms with Gasteiger partial charge in [0.1, 0.15) is 11.5 Å².